The molecule has 0 fully saturated rings. The minimum Gasteiger partial charge on any atom is -0.382 e. The van der Waals surface area contributed by atoms with Gasteiger partial charge in [-0.25, -0.2) is 4.39 Å². The van der Waals surface area contributed by atoms with Crippen molar-refractivity contribution in [1.29, 1.82) is 0 Å². The number of hydrogen-bond donors (Lipinski definition) is 2. The maximum atomic E-state index is 13.1. The molecule has 0 saturated heterocycles. The van der Waals surface area contributed by atoms with Crippen LogP contribution in [0.15, 0.2) is 41.5 Å². The number of rotatable bonds is 6. The molecule has 6 nitrogen and oxygen atoms in total. The Kier molecular flexibility index (Phi) is 5.58. The molecule has 136 valence electrons. The van der Waals surface area contributed by atoms with E-state index in [1.165, 1.54) is 12.1 Å². The fourth-order valence-electron chi connectivity index (χ4n) is 2.97. The number of amidine groups is 1. The number of aromatic nitrogens is 1. The molecule has 1 amide bonds. The van der Waals surface area contributed by atoms with Gasteiger partial charge in [0.25, 0.3) is 0 Å². The lowest BCUT2D eigenvalue weighted by Crippen LogP contribution is -2.32. The normalized spacial score (nSPS) is 15.4. The van der Waals surface area contributed by atoms with Gasteiger partial charge in [-0.3, -0.25) is 14.8 Å². The highest BCUT2D eigenvalue weighted by Crippen LogP contribution is 2.17. The van der Waals surface area contributed by atoms with Crippen molar-refractivity contribution in [2.24, 2.45) is 4.99 Å². The number of carbonyl (C=O) groups is 1. The molecule has 0 spiro atoms. The smallest absolute Gasteiger partial charge is 0.226 e. The SMILES string of the molecule is CN=C1NCc2cc(CC(=O)N[C@H](COC)c3ccc(F)cc3)ncc21. The summed E-state index contributed by atoms with van der Waals surface area (Å²) in [5.74, 6) is 0.335. The highest BCUT2D eigenvalue weighted by atomic mass is 19.1. The zero-order valence-corrected chi connectivity index (χ0v) is 14.8. The maximum Gasteiger partial charge on any atom is 0.226 e. The van der Waals surface area contributed by atoms with Crippen molar-refractivity contribution in [2.75, 3.05) is 20.8 Å². The van der Waals surface area contributed by atoms with E-state index in [1.54, 1.807) is 32.5 Å². The summed E-state index contributed by atoms with van der Waals surface area (Å²) in [5.41, 5.74) is 3.53. The quantitative estimate of drug-likeness (QED) is 0.827. The predicted molar refractivity (Wildman–Crippen MR) is 96.4 cm³/mol. The third-order valence-corrected chi connectivity index (χ3v) is 4.25. The fourth-order valence-corrected chi connectivity index (χ4v) is 2.97. The van der Waals surface area contributed by atoms with E-state index < -0.39 is 0 Å². The van der Waals surface area contributed by atoms with E-state index in [-0.39, 0.29) is 24.2 Å². The second-order valence-electron chi connectivity index (χ2n) is 6.06. The lowest BCUT2D eigenvalue weighted by atomic mass is 10.1. The van der Waals surface area contributed by atoms with Crippen molar-refractivity contribution >= 4 is 11.7 Å². The van der Waals surface area contributed by atoms with Crippen LogP contribution in [0.25, 0.3) is 0 Å². The highest BCUT2D eigenvalue weighted by molar-refractivity contribution is 6.02. The van der Waals surface area contributed by atoms with Crippen LogP contribution in [0.1, 0.15) is 28.4 Å². The van der Waals surface area contributed by atoms with Crippen molar-refractivity contribution in [3.8, 4) is 0 Å². The minimum atomic E-state index is -0.344. The lowest BCUT2D eigenvalue weighted by molar-refractivity contribution is -0.121. The number of carbonyl (C=O) groups excluding carboxylic acids is 1. The predicted octanol–water partition coefficient (Wildman–Crippen LogP) is 1.75. The summed E-state index contributed by atoms with van der Waals surface area (Å²) in [6, 6.07) is 7.60. The topological polar surface area (TPSA) is 75.6 Å². The van der Waals surface area contributed by atoms with Crippen molar-refractivity contribution in [3.05, 3.63) is 64.7 Å². The number of hydrogen-bond acceptors (Lipinski definition) is 4. The molecule has 0 aliphatic carbocycles. The molecule has 1 atom stereocenters. The van der Waals surface area contributed by atoms with Gasteiger partial charge >= 0.3 is 0 Å². The molecule has 1 aromatic heterocycles. The van der Waals surface area contributed by atoms with Crippen LogP contribution in [-0.2, 0) is 22.5 Å². The molecule has 2 heterocycles. The zero-order chi connectivity index (χ0) is 18.5. The Labute approximate surface area is 151 Å². The molecule has 1 aliphatic heterocycles. The van der Waals surface area contributed by atoms with Gasteiger partial charge in [0, 0.05) is 32.5 Å². The van der Waals surface area contributed by atoms with E-state index in [0.717, 1.165) is 22.5 Å². The number of pyridine rings is 1. The summed E-state index contributed by atoms with van der Waals surface area (Å²) in [6.07, 6.45) is 1.90. The Hall–Kier alpha value is -2.80. The van der Waals surface area contributed by atoms with Gasteiger partial charge in [0.2, 0.25) is 5.91 Å². The monoisotopic (exact) mass is 356 g/mol. The Morgan fingerprint density at radius 3 is 2.88 bits per heavy atom. The number of methoxy groups -OCH3 is 1. The number of ether oxygens (including phenoxy) is 1. The van der Waals surface area contributed by atoms with Gasteiger partial charge in [-0.1, -0.05) is 12.1 Å². The van der Waals surface area contributed by atoms with Gasteiger partial charge in [-0.15, -0.1) is 0 Å². The first-order valence-corrected chi connectivity index (χ1v) is 8.33. The molecule has 7 heteroatoms. The maximum absolute atomic E-state index is 13.1. The summed E-state index contributed by atoms with van der Waals surface area (Å²) < 4.78 is 18.3. The summed E-state index contributed by atoms with van der Waals surface area (Å²) in [5, 5.41) is 6.11. The summed E-state index contributed by atoms with van der Waals surface area (Å²) in [4.78, 5) is 21.0. The average molecular weight is 356 g/mol. The first-order valence-electron chi connectivity index (χ1n) is 8.33. The zero-order valence-electron chi connectivity index (χ0n) is 14.8. The van der Waals surface area contributed by atoms with Crippen molar-refractivity contribution in [1.82, 2.24) is 15.6 Å². The average Bonchev–Trinajstić information content (AvgIpc) is 3.04. The second kappa shape index (κ2) is 8.05. The van der Waals surface area contributed by atoms with Crippen molar-refractivity contribution < 1.29 is 13.9 Å². The number of nitrogens with zero attached hydrogens (tertiary/aromatic N) is 2. The van der Waals surface area contributed by atoms with Gasteiger partial charge in [0.05, 0.1) is 24.8 Å². The number of fused-ring (bicyclic) bond motifs is 1. The van der Waals surface area contributed by atoms with E-state index in [2.05, 4.69) is 20.6 Å². The third kappa shape index (κ3) is 4.05. The van der Waals surface area contributed by atoms with Crippen molar-refractivity contribution in [2.45, 2.75) is 19.0 Å². The molecule has 26 heavy (non-hydrogen) atoms. The molecule has 2 aromatic rings. The Morgan fingerprint density at radius 1 is 1.42 bits per heavy atom. The van der Waals surface area contributed by atoms with Gasteiger partial charge in [0.15, 0.2) is 0 Å². The molecular weight excluding hydrogens is 335 g/mol. The standard InChI is InChI=1S/C19H21FN4O2/c1-21-19-16-10-22-15(7-13(16)9-23-19)8-18(25)24-17(11-26-2)12-3-5-14(20)6-4-12/h3-7,10,17H,8-9,11H2,1-2H3,(H,21,23)(H,24,25)/t17-/m1/s1. The molecule has 0 bridgehead atoms. The molecule has 1 aromatic carbocycles. The molecule has 2 N–H and O–H groups in total. The summed E-state index contributed by atoms with van der Waals surface area (Å²) >= 11 is 0. The first kappa shape index (κ1) is 18.0. The van der Waals surface area contributed by atoms with E-state index in [9.17, 15) is 9.18 Å². The van der Waals surface area contributed by atoms with Crippen LogP contribution < -0.4 is 10.6 Å². The van der Waals surface area contributed by atoms with Crippen molar-refractivity contribution in [3.63, 3.8) is 0 Å². The minimum absolute atomic E-state index is 0.160. The molecule has 3 rings (SSSR count). The molecule has 1 aliphatic rings. The van der Waals surface area contributed by atoms with Gasteiger partial charge < -0.3 is 15.4 Å². The highest BCUT2D eigenvalue weighted by Gasteiger charge is 2.19. The number of amides is 1. The number of nitrogens with one attached hydrogen (secondary N) is 2. The molecule has 0 saturated carbocycles. The van der Waals surface area contributed by atoms with Crippen LogP contribution in [-0.4, -0.2) is 37.5 Å². The van der Waals surface area contributed by atoms with Crippen LogP contribution in [0, 0.1) is 5.82 Å². The van der Waals surface area contributed by atoms with Gasteiger partial charge in [0.1, 0.15) is 11.7 Å². The van der Waals surface area contributed by atoms with E-state index in [4.69, 9.17) is 4.74 Å². The molecular formula is C19H21FN4O2. The second-order valence-corrected chi connectivity index (χ2v) is 6.06. The molecule has 0 radical (unpaired) electrons. The van der Waals surface area contributed by atoms with E-state index in [1.807, 2.05) is 6.07 Å². The Balaban J connectivity index is 1.68. The number of aliphatic imine (C=N–C) groups is 1. The third-order valence-electron chi connectivity index (χ3n) is 4.25. The van der Waals surface area contributed by atoms with Gasteiger partial charge in [-0.05, 0) is 29.3 Å². The first-order chi connectivity index (χ1) is 12.6. The van der Waals surface area contributed by atoms with Gasteiger partial charge in [-0.2, -0.15) is 0 Å². The Bertz CT molecular complexity index is 821. The number of benzene rings is 1. The largest absolute Gasteiger partial charge is 0.382 e. The van der Waals surface area contributed by atoms with Crippen LogP contribution in [0.2, 0.25) is 0 Å². The van der Waals surface area contributed by atoms with Crippen LogP contribution in [0.4, 0.5) is 4.39 Å². The summed E-state index contributed by atoms with van der Waals surface area (Å²) in [7, 11) is 3.29. The Morgan fingerprint density at radius 2 is 2.19 bits per heavy atom. The van der Waals surface area contributed by atoms with E-state index in [0.29, 0.717) is 18.8 Å². The summed E-state index contributed by atoms with van der Waals surface area (Å²) in [6.45, 7) is 0.982. The number of halogens is 1. The lowest BCUT2D eigenvalue weighted by Gasteiger charge is -2.18. The molecule has 0 unspecified atom stereocenters. The fraction of sp³-hybridized carbons (Fsp3) is 0.316. The van der Waals surface area contributed by atoms with Crippen LogP contribution in [0.5, 0.6) is 0 Å². The van der Waals surface area contributed by atoms with E-state index >= 15 is 0 Å². The van der Waals surface area contributed by atoms with Crippen LogP contribution in [0.3, 0.4) is 0 Å². The van der Waals surface area contributed by atoms with Crippen LogP contribution >= 0.6 is 0 Å².